The lowest BCUT2D eigenvalue weighted by Crippen LogP contribution is -2.29. The molecule has 112 valence electrons. The highest BCUT2D eigenvalue weighted by molar-refractivity contribution is 7.16. The van der Waals surface area contributed by atoms with Crippen LogP contribution in [-0.4, -0.2) is 24.4 Å². The van der Waals surface area contributed by atoms with Crippen molar-refractivity contribution in [2.75, 3.05) is 18.9 Å². The summed E-state index contributed by atoms with van der Waals surface area (Å²) in [5, 5.41) is 2.94. The van der Waals surface area contributed by atoms with Gasteiger partial charge in [0.1, 0.15) is 0 Å². The minimum absolute atomic E-state index is 0.00912. The summed E-state index contributed by atoms with van der Waals surface area (Å²) in [6.45, 7) is 5.12. The standard InChI is InChI=1S/C16H19ClN2OS/c1-11-6-12(2)8-13(7-11)18-16(20)10-19(3)9-14-4-5-15(17)21-14/h4-8H,9-10H2,1-3H3,(H,18,20). The van der Waals surface area contributed by atoms with Gasteiger partial charge in [-0.25, -0.2) is 0 Å². The van der Waals surface area contributed by atoms with Gasteiger partial charge in [-0.1, -0.05) is 17.7 Å². The van der Waals surface area contributed by atoms with Gasteiger partial charge < -0.3 is 5.32 Å². The van der Waals surface area contributed by atoms with Crippen molar-refractivity contribution >= 4 is 34.5 Å². The van der Waals surface area contributed by atoms with E-state index in [0.29, 0.717) is 6.54 Å². The van der Waals surface area contributed by atoms with Gasteiger partial charge in [0.15, 0.2) is 0 Å². The van der Waals surface area contributed by atoms with Gasteiger partial charge in [-0.05, 0) is 56.3 Å². The van der Waals surface area contributed by atoms with Gasteiger partial charge in [0.2, 0.25) is 5.91 Å². The highest BCUT2D eigenvalue weighted by Gasteiger charge is 2.09. The summed E-state index contributed by atoms with van der Waals surface area (Å²) in [6, 6.07) is 9.91. The van der Waals surface area contributed by atoms with Crippen molar-refractivity contribution in [2.45, 2.75) is 20.4 Å². The van der Waals surface area contributed by atoms with Crippen LogP contribution in [0.25, 0.3) is 0 Å². The largest absolute Gasteiger partial charge is 0.325 e. The highest BCUT2D eigenvalue weighted by atomic mass is 35.5. The van der Waals surface area contributed by atoms with E-state index in [4.69, 9.17) is 11.6 Å². The zero-order chi connectivity index (χ0) is 15.4. The van der Waals surface area contributed by atoms with E-state index in [0.717, 1.165) is 32.6 Å². The number of aryl methyl sites for hydroxylation is 2. The number of hydrogen-bond donors (Lipinski definition) is 1. The van der Waals surface area contributed by atoms with Crippen LogP contribution in [0.15, 0.2) is 30.3 Å². The Morgan fingerprint density at radius 1 is 1.24 bits per heavy atom. The van der Waals surface area contributed by atoms with Crippen molar-refractivity contribution in [3.05, 3.63) is 50.7 Å². The molecule has 0 atom stereocenters. The molecule has 0 bridgehead atoms. The zero-order valence-electron chi connectivity index (χ0n) is 12.4. The van der Waals surface area contributed by atoms with Crippen LogP contribution in [0.4, 0.5) is 5.69 Å². The van der Waals surface area contributed by atoms with Crippen molar-refractivity contribution in [1.29, 1.82) is 0 Å². The van der Waals surface area contributed by atoms with Gasteiger partial charge in [-0.15, -0.1) is 11.3 Å². The SMILES string of the molecule is Cc1cc(C)cc(NC(=O)CN(C)Cc2ccc(Cl)s2)c1. The molecule has 3 nitrogen and oxygen atoms in total. The number of halogens is 1. The number of carbonyl (C=O) groups excluding carboxylic acids is 1. The molecule has 0 aliphatic heterocycles. The lowest BCUT2D eigenvalue weighted by atomic mass is 10.1. The Kier molecular flexibility index (Phi) is 5.39. The molecule has 1 heterocycles. The topological polar surface area (TPSA) is 32.3 Å². The number of thiophene rings is 1. The number of amides is 1. The average Bonchev–Trinajstić information content (AvgIpc) is 2.72. The third-order valence-electron chi connectivity index (χ3n) is 2.97. The van der Waals surface area contributed by atoms with Crippen molar-refractivity contribution in [3.63, 3.8) is 0 Å². The zero-order valence-corrected chi connectivity index (χ0v) is 14.0. The van der Waals surface area contributed by atoms with Gasteiger partial charge in [0.25, 0.3) is 0 Å². The van der Waals surface area contributed by atoms with Crippen molar-refractivity contribution in [2.24, 2.45) is 0 Å². The molecule has 21 heavy (non-hydrogen) atoms. The summed E-state index contributed by atoms with van der Waals surface area (Å²) in [5.74, 6) is -0.00912. The number of likely N-dealkylation sites (N-methyl/N-ethyl adjacent to an activating group) is 1. The summed E-state index contributed by atoms with van der Waals surface area (Å²) >= 11 is 7.45. The van der Waals surface area contributed by atoms with E-state index in [1.54, 1.807) is 11.3 Å². The minimum atomic E-state index is -0.00912. The average molecular weight is 323 g/mol. The molecule has 1 amide bonds. The fraction of sp³-hybridized carbons (Fsp3) is 0.312. The second-order valence-electron chi connectivity index (χ2n) is 5.30. The molecule has 2 aromatic rings. The van der Waals surface area contributed by atoms with Crippen LogP contribution >= 0.6 is 22.9 Å². The number of benzene rings is 1. The maximum atomic E-state index is 12.1. The predicted molar refractivity (Wildman–Crippen MR) is 90.2 cm³/mol. The van der Waals surface area contributed by atoms with E-state index in [9.17, 15) is 4.79 Å². The molecular weight excluding hydrogens is 304 g/mol. The van der Waals surface area contributed by atoms with Gasteiger partial charge in [0, 0.05) is 17.1 Å². The normalized spacial score (nSPS) is 10.9. The Labute approximate surface area is 134 Å². The summed E-state index contributed by atoms with van der Waals surface area (Å²) in [6.07, 6.45) is 0. The van der Waals surface area contributed by atoms with Gasteiger partial charge >= 0.3 is 0 Å². The molecule has 2 rings (SSSR count). The fourth-order valence-corrected chi connectivity index (χ4v) is 3.42. The lowest BCUT2D eigenvalue weighted by molar-refractivity contribution is -0.117. The predicted octanol–water partition coefficient (Wildman–Crippen LogP) is 4.09. The van der Waals surface area contributed by atoms with E-state index in [1.807, 2.05) is 50.1 Å². The van der Waals surface area contributed by atoms with Crippen LogP contribution in [0.1, 0.15) is 16.0 Å². The first-order valence-corrected chi connectivity index (χ1v) is 7.93. The summed E-state index contributed by atoms with van der Waals surface area (Å²) in [4.78, 5) is 15.2. The molecular formula is C16H19ClN2OS. The molecule has 0 radical (unpaired) electrons. The van der Waals surface area contributed by atoms with Gasteiger partial charge in [-0.3, -0.25) is 9.69 Å². The van der Waals surface area contributed by atoms with Crippen molar-refractivity contribution in [3.8, 4) is 0 Å². The first-order valence-electron chi connectivity index (χ1n) is 6.73. The number of rotatable bonds is 5. The van der Waals surface area contributed by atoms with E-state index in [-0.39, 0.29) is 5.91 Å². The summed E-state index contributed by atoms with van der Waals surface area (Å²) < 4.78 is 0.776. The maximum Gasteiger partial charge on any atom is 0.238 e. The number of nitrogens with one attached hydrogen (secondary N) is 1. The molecule has 0 aliphatic rings. The van der Waals surface area contributed by atoms with E-state index in [1.165, 1.54) is 0 Å². The van der Waals surface area contributed by atoms with Gasteiger partial charge in [0.05, 0.1) is 10.9 Å². The van der Waals surface area contributed by atoms with Gasteiger partial charge in [-0.2, -0.15) is 0 Å². The molecule has 5 heteroatoms. The quantitative estimate of drug-likeness (QED) is 0.899. The van der Waals surface area contributed by atoms with Crippen LogP contribution in [0.3, 0.4) is 0 Å². The molecule has 1 N–H and O–H groups in total. The Morgan fingerprint density at radius 3 is 2.48 bits per heavy atom. The molecule has 1 aromatic heterocycles. The summed E-state index contributed by atoms with van der Waals surface area (Å²) in [5.41, 5.74) is 3.14. The van der Waals surface area contributed by atoms with E-state index in [2.05, 4.69) is 11.4 Å². The number of hydrogen-bond acceptors (Lipinski definition) is 3. The van der Waals surface area contributed by atoms with E-state index < -0.39 is 0 Å². The van der Waals surface area contributed by atoms with Crippen LogP contribution < -0.4 is 5.32 Å². The second-order valence-corrected chi connectivity index (χ2v) is 7.10. The maximum absolute atomic E-state index is 12.1. The Hall–Kier alpha value is -1.36. The molecule has 0 unspecified atom stereocenters. The minimum Gasteiger partial charge on any atom is -0.325 e. The number of carbonyl (C=O) groups is 1. The molecule has 0 saturated carbocycles. The lowest BCUT2D eigenvalue weighted by Gasteiger charge is -2.15. The van der Waals surface area contributed by atoms with Crippen LogP contribution in [-0.2, 0) is 11.3 Å². The molecule has 0 aliphatic carbocycles. The van der Waals surface area contributed by atoms with Crippen LogP contribution in [0.5, 0.6) is 0 Å². The molecule has 0 saturated heterocycles. The first kappa shape index (κ1) is 16.0. The monoisotopic (exact) mass is 322 g/mol. The molecule has 1 aromatic carbocycles. The smallest absolute Gasteiger partial charge is 0.238 e. The highest BCUT2D eigenvalue weighted by Crippen LogP contribution is 2.22. The van der Waals surface area contributed by atoms with Crippen LogP contribution in [0.2, 0.25) is 4.34 Å². The van der Waals surface area contributed by atoms with Crippen molar-refractivity contribution < 1.29 is 4.79 Å². The second kappa shape index (κ2) is 7.07. The van der Waals surface area contributed by atoms with E-state index >= 15 is 0 Å². The Balaban J connectivity index is 1.88. The Morgan fingerprint density at radius 2 is 1.90 bits per heavy atom. The molecule has 0 spiro atoms. The van der Waals surface area contributed by atoms with Crippen molar-refractivity contribution in [1.82, 2.24) is 4.90 Å². The Bertz CT molecular complexity index is 619. The first-order chi connectivity index (χ1) is 9.92. The third-order valence-corrected chi connectivity index (χ3v) is 4.19. The third kappa shape index (κ3) is 5.16. The molecule has 0 fully saturated rings. The summed E-state index contributed by atoms with van der Waals surface area (Å²) in [7, 11) is 1.93. The van der Waals surface area contributed by atoms with Crippen LogP contribution in [0, 0.1) is 13.8 Å². The fourth-order valence-electron chi connectivity index (χ4n) is 2.25. The number of anilines is 1. The number of nitrogens with zero attached hydrogens (tertiary/aromatic N) is 1.